The van der Waals surface area contributed by atoms with E-state index in [9.17, 15) is 5.11 Å². The first-order valence-corrected chi connectivity index (χ1v) is 5.73. The summed E-state index contributed by atoms with van der Waals surface area (Å²) in [5.41, 5.74) is 0. The van der Waals surface area contributed by atoms with Gasteiger partial charge in [0.1, 0.15) is 0 Å². The van der Waals surface area contributed by atoms with E-state index < -0.39 is 4.93 Å². The quantitative estimate of drug-likeness (QED) is 0.430. The molecule has 1 radical (unpaired) electrons. The van der Waals surface area contributed by atoms with E-state index in [1.807, 2.05) is 0 Å². The minimum atomic E-state index is -0.869. The third-order valence-corrected chi connectivity index (χ3v) is 3.13. The second-order valence-electron chi connectivity index (χ2n) is 3.11. The lowest BCUT2D eigenvalue weighted by molar-refractivity contribution is 0.0485. The van der Waals surface area contributed by atoms with Crippen LogP contribution in [0.3, 0.4) is 0 Å². The fourth-order valence-corrected chi connectivity index (χ4v) is 2.06. The molecule has 0 aliphatic rings. The van der Waals surface area contributed by atoms with Crippen LogP contribution in [0.2, 0.25) is 0 Å². The molecule has 0 N–H and O–H groups in total. The molecule has 13 heavy (non-hydrogen) atoms. The molecule has 0 saturated heterocycles. The molecule has 1 atom stereocenters. The van der Waals surface area contributed by atoms with Crippen LogP contribution in [0, 0.1) is 0 Å². The van der Waals surface area contributed by atoms with Gasteiger partial charge in [-0.15, -0.1) is 24.9 Å². The Morgan fingerprint density at radius 1 is 1.38 bits per heavy atom. The topological polar surface area (TPSA) is 19.9 Å². The SMILES string of the molecule is C=CCSC([O])(CC=C)CCCC. The first-order chi connectivity index (χ1) is 6.18. The van der Waals surface area contributed by atoms with Crippen LogP contribution in [-0.4, -0.2) is 10.7 Å². The number of unbranched alkanes of at least 4 members (excludes halogenated alkanes) is 1. The first-order valence-electron chi connectivity index (χ1n) is 4.74. The predicted molar refractivity (Wildman–Crippen MR) is 60.4 cm³/mol. The van der Waals surface area contributed by atoms with Gasteiger partial charge in [-0.1, -0.05) is 25.5 Å². The van der Waals surface area contributed by atoms with Crippen molar-refractivity contribution in [3.05, 3.63) is 25.3 Å². The van der Waals surface area contributed by atoms with E-state index >= 15 is 0 Å². The Balaban J connectivity index is 3.97. The molecule has 0 fully saturated rings. The zero-order valence-corrected chi connectivity index (χ0v) is 9.24. The molecule has 0 amide bonds. The Morgan fingerprint density at radius 2 is 2.08 bits per heavy atom. The van der Waals surface area contributed by atoms with Crippen molar-refractivity contribution in [2.75, 3.05) is 5.75 Å². The summed E-state index contributed by atoms with van der Waals surface area (Å²) in [6, 6.07) is 0. The van der Waals surface area contributed by atoms with Gasteiger partial charge in [0.05, 0.1) is 0 Å². The van der Waals surface area contributed by atoms with E-state index in [2.05, 4.69) is 20.1 Å². The van der Waals surface area contributed by atoms with E-state index in [-0.39, 0.29) is 0 Å². The van der Waals surface area contributed by atoms with Gasteiger partial charge in [-0.05, 0) is 12.8 Å². The van der Waals surface area contributed by atoms with E-state index in [0.717, 1.165) is 25.0 Å². The summed E-state index contributed by atoms with van der Waals surface area (Å²) >= 11 is 1.44. The maximum atomic E-state index is 12.1. The van der Waals surface area contributed by atoms with Gasteiger partial charge in [-0.3, -0.25) is 0 Å². The lowest BCUT2D eigenvalue weighted by Crippen LogP contribution is -2.21. The standard InChI is InChI=1S/C11H19OS/c1-4-7-9-11(12,8-5-2)13-10-6-3/h5-6H,2-4,7-10H2,1H3. The van der Waals surface area contributed by atoms with Crippen LogP contribution in [0.15, 0.2) is 25.3 Å². The summed E-state index contributed by atoms with van der Waals surface area (Å²) in [5.74, 6) is 0.737. The highest BCUT2D eigenvalue weighted by molar-refractivity contribution is 8.00. The van der Waals surface area contributed by atoms with Crippen molar-refractivity contribution in [1.29, 1.82) is 0 Å². The lowest BCUT2D eigenvalue weighted by Gasteiger charge is -2.22. The van der Waals surface area contributed by atoms with E-state index in [1.54, 1.807) is 12.2 Å². The highest BCUT2D eigenvalue weighted by atomic mass is 32.2. The molecular weight excluding hydrogens is 180 g/mol. The highest BCUT2D eigenvalue weighted by Gasteiger charge is 2.26. The van der Waals surface area contributed by atoms with Gasteiger partial charge in [0.25, 0.3) is 0 Å². The van der Waals surface area contributed by atoms with Crippen molar-refractivity contribution >= 4 is 11.8 Å². The highest BCUT2D eigenvalue weighted by Crippen LogP contribution is 2.32. The molecule has 0 aliphatic carbocycles. The first kappa shape index (κ1) is 12.8. The van der Waals surface area contributed by atoms with Crippen molar-refractivity contribution in [3.63, 3.8) is 0 Å². The third kappa shape index (κ3) is 5.94. The zero-order chi connectivity index (χ0) is 10.2. The molecule has 2 heteroatoms. The van der Waals surface area contributed by atoms with Gasteiger partial charge in [0, 0.05) is 12.2 Å². The van der Waals surface area contributed by atoms with Crippen LogP contribution in [-0.2, 0) is 5.11 Å². The van der Waals surface area contributed by atoms with Gasteiger partial charge in [-0.25, -0.2) is 5.11 Å². The van der Waals surface area contributed by atoms with Crippen molar-refractivity contribution < 1.29 is 5.11 Å². The summed E-state index contributed by atoms with van der Waals surface area (Å²) in [5, 5.41) is 12.1. The number of hydrogen-bond donors (Lipinski definition) is 0. The predicted octanol–water partition coefficient (Wildman–Crippen LogP) is 3.80. The fourth-order valence-electron chi connectivity index (χ4n) is 1.11. The molecule has 75 valence electrons. The summed E-state index contributed by atoms with van der Waals surface area (Å²) in [4.78, 5) is -0.869. The van der Waals surface area contributed by atoms with Crippen molar-refractivity contribution in [3.8, 4) is 0 Å². The Bertz CT molecular complexity index is 156. The van der Waals surface area contributed by atoms with E-state index in [1.165, 1.54) is 11.8 Å². The Hall–Kier alpha value is -0.210. The minimum absolute atomic E-state index is 0.547. The summed E-state index contributed by atoms with van der Waals surface area (Å²) < 4.78 is 0. The average molecular weight is 199 g/mol. The molecule has 0 saturated carbocycles. The summed E-state index contributed by atoms with van der Waals surface area (Å²) in [6.07, 6.45) is 6.86. The largest absolute Gasteiger partial charge is 0.217 e. The second kappa shape index (κ2) is 7.22. The summed E-state index contributed by atoms with van der Waals surface area (Å²) in [6.45, 7) is 9.34. The molecule has 0 spiro atoms. The fraction of sp³-hybridized carbons (Fsp3) is 0.636. The third-order valence-electron chi connectivity index (χ3n) is 1.83. The molecule has 0 aromatic heterocycles. The van der Waals surface area contributed by atoms with Gasteiger partial charge in [0.2, 0.25) is 0 Å². The van der Waals surface area contributed by atoms with Crippen LogP contribution in [0.4, 0.5) is 0 Å². The van der Waals surface area contributed by atoms with Crippen LogP contribution < -0.4 is 0 Å². The molecular formula is C11H19OS. The monoisotopic (exact) mass is 199 g/mol. The number of rotatable bonds is 8. The Kier molecular flexibility index (Phi) is 7.10. The Labute approximate surface area is 85.9 Å². The molecule has 0 aromatic carbocycles. The number of hydrogen-bond acceptors (Lipinski definition) is 1. The molecule has 0 rings (SSSR count). The molecule has 1 nitrogen and oxygen atoms in total. The lowest BCUT2D eigenvalue weighted by atomic mass is 10.1. The molecule has 0 aliphatic heterocycles. The van der Waals surface area contributed by atoms with E-state index in [0.29, 0.717) is 6.42 Å². The summed E-state index contributed by atoms with van der Waals surface area (Å²) in [7, 11) is 0. The second-order valence-corrected chi connectivity index (χ2v) is 4.47. The normalized spacial score (nSPS) is 14.9. The van der Waals surface area contributed by atoms with Crippen LogP contribution in [0.5, 0.6) is 0 Å². The van der Waals surface area contributed by atoms with Gasteiger partial charge in [-0.2, -0.15) is 0 Å². The Morgan fingerprint density at radius 3 is 2.54 bits per heavy atom. The van der Waals surface area contributed by atoms with Crippen LogP contribution in [0.1, 0.15) is 32.6 Å². The molecule has 1 unspecified atom stereocenters. The van der Waals surface area contributed by atoms with Gasteiger partial charge < -0.3 is 0 Å². The van der Waals surface area contributed by atoms with Crippen molar-refractivity contribution in [1.82, 2.24) is 0 Å². The van der Waals surface area contributed by atoms with E-state index in [4.69, 9.17) is 0 Å². The van der Waals surface area contributed by atoms with Crippen molar-refractivity contribution in [2.24, 2.45) is 0 Å². The average Bonchev–Trinajstić information content (AvgIpc) is 2.12. The van der Waals surface area contributed by atoms with Crippen LogP contribution in [0.25, 0.3) is 0 Å². The minimum Gasteiger partial charge on any atom is -0.217 e. The molecule has 0 aromatic rings. The maximum Gasteiger partial charge on any atom is 0.152 e. The van der Waals surface area contributed by atoms with Gasteiger partial charge in [0.15, 0.2) is 4.93 Å². The molecule has 0 bridgehead atoms. The number of thioether (sulfide) groups is 1. The van der Waals surface area contributed by atoms with Crippen LogP contribution >= 0.6 is 11.8 Å². The van der Waals surface area contributed by atoms with Crippen molar-refractivity contribution in [2.45, 2.75) is 37.5 Å². The smallest absolute Gasteiger partial charge is 0.152 e. The van der Waals surface area contributed by atoms with Gasteiger partial charge >= 0.3 is 0 Å². The zero-order valence-electron chi connectivity index (χ0n) is 8.42. The maximum absolute atomic E-state index is 12.1. The molecule has 0 heterocycles.